The minimum Gasteiger partial charge on any atom is -0.358 e. The Bertz CT molecular complexity index is 774. The van der Waals surface area contributed by atoms with Crippen LogP contribution in [0.3, 0.4) is 0 Å². The van der Waals surface area contributed by atoms with E-state index in [4.69, 9.17) is 0 Å². The molecule has 0 spiro atoms. The van der Waals surface area contributed by atoms with Crippen LogP contribution in [0.4, 0.5) is 5.82 Å². The van der Waals surface area contributed by atoms with Crippen LogP contribution in [0.1, 0.15) is 12.0 Å². The van der Waals surface area contributed by atoms with Gasteiger partial charge in [-0.3, -0.25) is 18.8 Å². The van der Waals surface area contributed by atoms with Gasteiger partial charge in [-0.15, -0.1) is 0 Å². The Morgan fingerprint density at radius 2 is 2.05 bits per heavy atom. The molecule has 3 heterocycles. The molecule has 0 aromatic carbocycles. The first-order chi connectivity index (χ1) is 10.6. The minimum absolute atomic E-state index is 0.218. The SMILES string of the molecule is Cn1c2c(c(=O)n(C)c1=O)CN(CCCn1ccnc1)CN2. The summed E-state index contributed by atoms with van der Waals surface area (Å²) < 4.78 is 4.70. The molecule has 1 aliphatic rings. The Morgan fingerprint density at radius 3 is 2.77 bits per heavy atom. The van der Waals surface area contributed by atoms with Crippen LogP contribution >= 0.6 is 0 Å². The summed E-state index contributed by atoms with van der Waals surface area (Å²) in [5.74, 6) is 0.638. The van der Waals surface area contributed by atoms with Crippen molar-refractivity contribution in [2.45, 2.75) is 19.5 Å². The lowest BCUT2D eigenvalue weighted by Crippen LogP contribution is -2.46. The maximum absolute atomic E-state index is 12.3. The van der Waals surface area contributed by atoms with Gasteiger partial charge < -0.3 is 9.88 Å². The van der Waals surface area contributed by atoms with Crippen LogP contribution in [0.2, 0.25) is 0 Å². The first kappa shape index (κ1) is 14.6. The first-order valence-electron chi connectivity index (χ1n) is 7.29. The predicted octanol–water partition coefficient (Wildman–Crippen LogP) is -0.444. The van der Waals surface area contributed by atoms with Crippen molar-refractivity contribution in [3.63, 3.8) is 0 Å². The summed E-state index contributed by atoms with van der Waals surface area (Å²) in [6.07, 6.45) is 6.48. The van der Waals surface area contributed by atoms with E-state index >= 15 is 0 Å². The zero-order valence-electron chi connectivity index (χ0n) is 12.8. The van der Waals surface area contributed by atoms with Crippen LogP contribution in [0.5, 0.6) is 0 Å². The highest BCUT2D eigenvalue weighted by Gasteiger charge is 2.22. The number of aromatic nitrogens is 4. The van der Waals surface area contributed by atoms with Gasteiger partial charge in [-0.2, -0.15) is 0 Å². The lowest BCUT2D eigenvalue weighted by Gasteiger charge is -2.30. The number of nitrogens with zero attached hydrogens (tertiary/aromatic N) is 5. The van der Waals surface area contributed by atoms with Crippen LogP contribution in [0.25, 0.3) is 0 Å². The molecular formula is C14H20N6O2. The van der Waals surface area contributed by atoms with Crippen molar-refractivity contribution in [2.24, 2.45) is 14.1 Å². The number of anilines is 1. The molecule has 118 valence electrons. The van der Waals surface area contributed by atoms with Gasteiger partial charge in [0, 0.05) is 46.1 Å². The standard InChI is InChI=1S/C14H20N6O2/c1-17-12-11(13(21)18(2)14(17)22)8-20(10-16-12)6-3-5-19-7-4-15-9-19/h4,7,9,16H,3,5-6,8,10H2,1-2H3. The van der Waals surface area contributed by atoms with Crippen molar-refractivity contribution in [3.05, 3.63) is 45.1 Å². The predicted molar refractivity (Wildman–Crippen MR) is 82.7 cm³/mol. The fourth-order valence-electron chi connectivity index (χ4n) is 2.80. The Labute approximate surface area is 127 Å². The van der Waals surface area contributed by atoms with Crippen LogP contribution < -0.4 is 16.6 Å². The van der Waals surface area contributed by atoms with E-state index in [1.165, 1.54) is 11.6 Å². The number of nitrogens with one attached hydrogen (secondary N) is 1. The molecule has 1 aliphatic heterocycles. The van der Waals surface area contributed by atoms with Crippen molar-refractivity contribution >= 4 is 5.82 Å². The number of fused-ring (bicyclic) bond motifs is 1. The van der Waals surface area contributed by atoms with E-state index < -0.39 is 0 Å². The Balaban J connectivity index is 1.71. The molecule has 2 aromatic heterocycles. The molecule has 1 N–H and O–H groups in total. The van der Waals surface area contributed by atoms with Gasteiger partial charge >= 0.3 is 5.69 Å². The quantitative estimate of drug-likeness (QED) is 0.828. The second kappa shape index (κ2) is 5.80. The van der Waals surface area contributed by atoms with E-state index in [0.717, 1.165) is 24.1 Å². The van der Waals surface area contributed by atoms with E-state index in [2.05, 4.69) is 15.2 Å². The van der Waals surface area contributed by atoms with Gasteiger partial charge in [0.25, 0.3) is 5.56 Å². The summed E-state index contributed by atoms with van der Waals surface area (Å²) >= 11 is 0. The summed E-state index contributed by atoms with van der Waals surface area (Å²) in [5, 5.41) is 3.19. The third-order valence-electron chi connectivity index (χ3n) is 4.06. The van der Waals surface area contributed by atoms with E-state index in [1.54, 1.807) is 19.6 Å². The maximum atomic E-state index is 12.3. The molecule has 0 radical (unpaired) electrons. The summed E-state index contributed by atoms with van der Waals surface area (Å²) in [6, 6.07) is 0. The van der Waals surface area contributed by atoms with Crippen LogP contribution in [0, 0.1) is 0 Å². The van der Waals surface area contributed by atoms with Crippen molar-refractivity contribution in [3.8, 4) is 0 Å². The topological polar surface area (TPSA) is 77.1 Å². The van der Waals surface area contributed by atoms with Crippen molar-refractivity contribution < 1.29 is 0 Å². The van der Waals surface area contributed by atoms with E-state index in [9.17, 15) is 9.59 Å². The molecule has 22 heavy (non-hydrogen) atoms. The number of aryl methyl sites for hydroxylation is 1. The molecule has 0 amide bonds. The zero-order chi connectivity index (χ0) is 15.7. The van der Waals surface area contributed by atoms with Gasteiger partial charge in [-0.05, 0) is 6.42 Å². The lowest BCUT2D eigenvalue weighted by atomic mass is 10.2. The third kappa shape index (κ3) is 2.57. The molecular weight excluding hydrogens is 284 g/mol. The van der Waals surface area contributed by atoms with Gasteiger partial charge in [0.15, 0.2) is 0 Å². The molecule has 0 aliphatic carbocycles. The molecule has 3 rings (SSSR count). The monoisotopic (exact) mass is 304 g/mol. The first-order valence-corrected chi connectivity index (χ1v) is 7.29. The molecule has 0 bridgehead atoms. The molecule has 0 saturated carbocycles. The fraction of sp³-hybridized carbons (Fsp3) is 0.500. The number of hydrogen-bond acceptors (Lipinski definition) is 5. The number of imidazole rings is 1. The van der Waals surface area contributed by atoms with Crippen LogP contribution in [0.15, 0.2) is 28.3 Å². The minimum atomic E-state index is -0.301. The molecule has 8 heteroatoms. The third-order valence-corrected chi connectivity index (χ3v) is 4.06. The second-order valence-corrected chi connectivity index (χ2v) is 5.57. The Hall–Kier alpha value is -2.35. The highest BCUT2D eigenvalue weighted by Crippen LogP contribution is 2.16. The number of rotatable bonds is 4. The molecule has 0 unspecified atom stereocenters. The van der Waals surface area contributed by atoms with Gasteiger partial charge in [-0.25, -0.2) is 9.78 Å². The molecule has 0 atom stereocenters. The summed E-state index contributed by atoms with van der Waals surface area (Å²) in [7, 11) is 3.20. The van der Waals surface area contributed by atoms with Crippen molar-refractivity contribution in [1.29, 1.82) is 0 Å². The molecule has 2 aromatic rings. The van der Waals surface area contributed by atoms with Crippen LogP contribution in [-0.4, -0.2) is 36.8 Å². The van der Waals surface area contributed by atoms with E-state index in [-0.39, 0.29) is 11.2 Å². The van der Waals surface area contributed by atoms with Gasteiger partial charge in [0.1, 0.15) is 5.82 Å². The smallest absolute Gasteiger partial charge is 0.332 e. The highest BCUT2D eigenvalue weighted by molar-refractivity contribution is 5.45. The summed E-state index contributed by atoms with van der Waals surface area (Å²) in [5.41, 5.74) is 0.133. The zero-order valence-corrected chi connectivity index (χ0v) is 12.8. The largest absolute Gasteiger partial charge is 0.358 e. The average Bonchev–Trinajstić information content (AvgIpc) is 3.04. The Kier molecular flexibility index (Phi) is 3.84. The fourth-order valence-corrected chi connectivity index (χ4v) is 2.80. The van der Waals surface area contributed by atoms with Crippen molar-refractivity contribution in [1.82, 2.24) is 23.6 Å². The lowest BCUT2D eigenvalue weighted by molar-refractivity contribution is 0.262. The summed E-state index contributed by atoms with van der Waals surface area (Å²) in [6.45, 7) is 2.97. The van der Waals surface area contributed by atoms with E-state index in [1.807, 2.05) is 10.8 Å². The Morgan fingerprint density at radius 1 is 1.23 bits per heavy atom. The number of hydrogen-bond donors (Lipinski definition) is 1. The van der Waals surface area contributed by atoms with E-state index in [0.29, 0.717) is 24.6 Å². The molecule has 8 nitrogen and oxygen atoms in total. The van der Waals surface area contributed by atoms with Gasteiger partial charge in [0.2, 0.25) is 0 Å². The highest BCUT2D eigenvalue weighted by atomic mass is 16.2. The van der Waals surface area contributed by atoms with Crippen molar-refractivity contribution in [2.75, 3.05) is 18.5 Å². The summed E-state index contributed by atoms with van der Waals surface area (Å²) in [4.78, 5) is 30.4. The van der Waals surface area contributed by atoms with Gasteiger partial charge in [-0.1, -0.05) is 0 Å². The average molecular weight is 304 g/mol. The molecule has 0 fully saturated rings. The maximum Gasteiger partial charge on any atom is 0.332 e. The van der Waals surface area contributed by atoms with Crippen LogP contribution in [-0.2, 0) is 27.2 Å². The van der Waals surface area contributed by atoms with Gasteiger partial charge in [0.05, 0.1) is 18.6 Å². The second-order valence-electron chi connectivity index (χ2n) is 5.57. The normalized spacial score (nSPS) is 14.6. The molecule has 0 saturated heterocycles.